The maximum Gasteiger partial charge on any atom is 0.143 e. The van der Waals surface area contributed by atoms with E-state index < -0.39 is 0 Å². The molecule has 0 spiro atoms. The minimum absolute atomic E-state index is 0.248. The second kappa shape index (κ2) is 9.93. The molecule has 0 bridgehead atoms. The lowest BCUT2D eigenvalue weighted by Gasteiger charge is -2.20. The van der Waals surface area contributed by atoms with E-state index in [0.717, 1.165) is 76.8 Å². The van der Waals surface area contributed by atoms with E-state index in [1.165, 1.54) is 0 Å². The van der Waals surface area contributed by atoms with Gasteiger partial charge in [-0.2, -0.15) is 0 Å². The molecule has 0 aliphatic carbocycles. The SMILES string of the molecule is Oc1ccc(-c2ccc3ccccc3c2Oc2c(-c3ccc(O)c4ccccc34)ccc3ccccc23)c2ccccc12. The normalized spacial score (nSPS) is 11.4. The number of aromatic hydroxyl groups is 2. The van der Waals surface area contributed by atoms with Gasteiger partial charge in [-0.1, -0.05) is 109 Å². The molecule has 0 saturated heterocycles. The quantitative estimate of drug-likeness (QED) is 0.227. The van der Waals surface area contributed by atoms with Crippen molar-refractivity contribution in [3.05, 3.63) is 146 Å². The van der Waals surface area contributed by atoms with Crippen molar-refractivity contribution in [3.63, 3.8) is 0 Å². The third kappa shape index (κ3) is 4.05. The monoisotopic (exact) mass is 554 g/mol. The molecule has 0 aliphatic rings. The maximum absolute atomic E-state index is 10.7. The van der Waals surface area contributed by atoms with Crippen LogP contribution >= 0.6 is 0 Å². The highest BCUT2D eigenvalue weighted by Crippen LogP contribution is 2.48. The maximum atomic E-state index is 10.7. The fraction of sp³-hybridized carbons (Fsp3) is 0. The molecular weight excluding hydrogens is 528 g/mol. The van der Waals surface area contributed by atoms with E-state index in [1.54, 1.807) is 12.1 Å². The summed E-state index contributed by atoms with van der Waals surface area (Å²) in [6.07, 6.45) is 0. The number of rotatable bonds is 4. The van der Waals surface area contributed by atoms with Crippen LogP contribution in [0.1, 0.15) is 0 Å². The van der Waals surface area contributed by atoms with Crippen molar-refractivity contribution in [2.24, 2.45) is 0 Å². The van der Waals surface area contributed by atoms with Crippen LogP contribution in [0.3, 0.4) is 0 Å². The average Bonchev–Trinajstić information content (AvgIpc) is 3.06. The Bertz CT molecular complexity index is 2190. The van der Waals surface area contributed by atoms with Crippen LogP contribution in [-0.4, -0.2) is 10.2 Å². The predicted octanol–water partition coefficient (Wildman–Crippen LogP) is 10.8. The number of fused-ring (bicyclic) bond motifs is 4. The highest BCUT2D eigenvalue weighted by Gasteiger charge is 2.20. The molecule has 0 unspecified atom stereocenters. The number of benzene rings is 8. The summed E-state index contributed by atoms with van der Waals surface area (Å²) in [4.78, 5) is 0. The lowest BCUT2D eigenvalue weighted by atomic mass is 9.93. The van der Waals surface area contributed by atoms with E-state index in [0.29, 0.717) is 0 Å². The van der Waals surface area contributed by atoms with Gasteiger partial charge in [0.15, 0.2) is 0 Å². The topological polar surface area (TPSA) is 49.7 Å². The van der Waals surface area contributed by atoms with Gasteiger partial charge in [0.1, 0.15) is 23.0 Å². The Morgan fingerprint density at radius 1 is 0.302 bits per heavy atom. The molecule has 8 aromatic rings. The summed E-state index contributed by atoms with van der Waals surface area (Å²) in [7, 11) is 0. The largest absolute Gasteiger partial charge is 0.507 e. The Morgan fingerprint density at radius 3 is 1.09 bits per heavy atom. The fourth-order valence-corrected chi connectivity index (χ4v) is 6.27. The van der Waals surface area contributed by atoms with Crippen LogP contribution in [0.25, 0.3) is 65.3 Å². The van der Waals surface area contributed by atoms with Gasteiger partial charge < -0.3 is 14.9 Å². The third-order valence-electron chi connectivity index (χ3n) is 8.35. The van der Waals surface area contributed by atoms with E-state index in [2.05, 4.69) is 48.5 Å². The first kappa shape index (κ1) is 25.0. The van der Waals surface area contributed by atoms with E-state index in [4.69, 9.17) is 4.74 Å². The van der Waals surface area contributed by atoms with Gasteiger partial charge in [0.05, 0.1) is 0 Å². The average molecular weight is 555 g/mol. The molecule has 2 N–H and O–H groups in total. The summed E-state index contributed by atoms with van der Waals surface area (Å²) in [6.45, 7) is 0. The molecular formula is C40H26O3. The van der Waals surface area contributed by atoms with Gasteiger partial charge in [-0.3, -0.25) is 0 Å². The Morgan fingerprint density at radius 2 is 0.651 bits per heavy atom. The van der Waals surface area contributed by atoms with E-state index >= 15 is 0 Å². The lowest BCUT2D eigenvalue weighted by Crippen LogP contribution is -1.95. The first-order chi connectivity index (χ1) is 21.2. The van der Waals surface area contributed by atoms with Gasteiger partial charge >= 0.3 is 0 Å². The Hall–Kier alpha value is -5.80. The van der Waals surface area contributed by atoms with Crippen LogP contribution < -0.4 is 4.74 Å². The van der Waals surface area contributed by atoms with Crippen molar-refractivity contribution in [1.82, 2.24) is 0 Å². The van der Waals surface area contributed by atoms with Gasteiger partial charge in [0, 0.05) is 32.7 Å². The van der Waals surface area contributed by atoms with Crippen LogP contribution in [0, 0.1) is 0 Å². The minimum atomic E-state index is 0.248. The number of hydrogen-bond donors (Lipinski definition) is 2. The standard InChI is InChI=1S/C40H26O3/c41-37-23-21-31(29-13-5-7-15-33(29)37)35-19-17-25-9-1-3-11-27(25)39(35)43-40-28-12-4-2-10-26(28)18-20-36(40)32-22-24-38(42)34-16-8-6-14-30(32)34/h1-24,41-42H. The number of hydrogen-bond acceptors (Lipinski definition) is 3. The van der Waals surface area contributed by atoms with Crippen molar-refractivity contribution in [2.45, 2.75) is 0 Å². The zero-order valence-electron chi connectivity index (χ0n) is 23.2. The minimum Gasteiger partial charge on any atom is -0.507 e. The van der Waals surface area contributed by atoms with Gasteiger partial charge in [0.2, 0.25) is 0 Å². The summed E-state index contributed by atoms with van der Waals surface area (Å²) in [5.41, 5.74) is 3.82. The molecule has 0 atom stereocenters. The Kier molecular flexibility index (Phi) is 5.76. The summed E-state index contributed by atoms with van der Waals surface area (Å²) in [5.74, 6) is 1.99. The smallest absolute Gasteiger partial charge is 0.143 e. The van der Waals surface area contributed by atoms with Crippen LogP contribution in [0.4, 0.5) is 0 Å². The van der Waals surface area contributed by atoms with Crippen LogP contribution in [0.15, 0.2) is 146 Å². The van der Waals surface area contributed by atoms with Crippen LogP contribution in [-0.2, 0) is 0 Å². The lowest BCUT2D eigenvalue weighted by molar-refractivity contribution is 0.481. The summed E-state index contributed by atoms with van der Waals surface area (Å²) >= 11 is 0. The Balaban J connectivity index is 1.44. The molecule has 0 aliphatic heterocycles. The molecule has 0 aromatic heterocycles. The molecule has 3 heteroatoms. The van der Waals surface area contributed by atoms with E-state index in [-0.39, 0.29) is 11.5 Å². The molecule has 0 fully saturated rings. The second-order valence-corrected chi connectivity index (χ2v) is 10.8. The highest BCUT2D eigenvalue weighted by molar-refractivity contribution is 6.07. The van der Waals surface area contributed by atoms with Crippen LogP contribution in [0.2, 0.25) is 0 Å². The summed E-state index contributed by atoms with van der Waals surface area (Å²) < 4.78 is 7.21. The zero-order valence-corrected chi connectivity index (χ0v) is 23.2. The number of phenols is 2. The zero-order chi connectivity index (χ0) is 28.9. The molecule has 8 aromatic carbocycles. The summed E-state index contributed by atoms with van der Waals surface area (Å²) in [5, 5.41) is 28.9. The summed E-state index contributed by atoms with van der Waals surface area (Å²) in [6, 6.07) is 48.2. The molecule has 0 heterocycles. The van der Waals surface area contributed by atoms with Crippen molar-refractivity contribution in [2.75, 3.05) is 0 Å². The molecule has 3 nitrogen and oxygen atoms in total. The van der Waals surface area contributed by atoms with E-state index in [1.807, 2.05) is 84.9 Å². The molecule has 0 radical (unpaired) electrons. The fourth-order valence-electron chi connectivity index (χ4n) is 6.27. The molecule has 0 saturated carbocycles. The molecule has 204 valence electrons. The first-order valence-electron chi connectivity index (χ1n) is 14.3. The van der Waals surface area contributed by atoms with Gasteiger partial charge in [0.25, 0.3) is 0 Å². The molecule has 8 rings (SSSR count). The van der Waals surface area contributed by atoms with E-state index in [9.17, 15) is 10.2 Å². The number of ether oxygens (including phenoxy) is 1. The third-order valence-corrected chi connectivity index (χ3v) is 8.35. The Labute approximate surface area is 248 Å². The van der Waals surface area contributed by atoms with Crippen molar-refractivity contribution < 1.29 is 14.9 Å². The van der Waals surface area contributed by atoms with Crippen LogP contribution in [0.5, 0.6) is 23.0 Å². The second-order valence-electron chi connectivity index (χ2n) is 10.8. The predicted molar refractivity (Wildman–Crippen MR) is 177 cm³/mol. The molecule has 0 amide bonds. The van der Waals surface area contributed by atoms with Gasteiger partial charge in [-0.05, 0) is 69.1 Å². The highest BCUT2D eigenvalue weighted by atomic mass is 16.5. The van der Waals surface area contributed by atoms with Gasteiger partial charge in [-0.15, -0.1) is 0 Å². The number of phenolic OH excluding ortho intramolecular Hbond substituents is 2. The first-order valence-corrected chi connectivity index (χ1v) is 14.3. The van der Waals surface area contributed by atoms with Crippen molar-refractivity contribution >= 4 is 43.1 Å². The van der Waals surface area contributed by atoms with Gasteiger partial charge in [-0.25, -0.2) is 0 Å². The molecule has 43 heavy (non-hydrogen) atoms. The van der Waals surface area contributed by atoms with Crippen molar-refractivity contribution in [3.8, 4) is 45.3 Å². The van der Waals surface area contributed by atoms with Crippen molar-refractivity contribution in [1.29, 1.82) is 0 Å².